The van der Waals surface area contributed by atoms with Crippen LogP contribution in [0.2, 0.25) is 0 Å². The number of hydrogen-bond acceptors (Lipinski definition) is 5. The molecule has 110 valence electrons. The van der Waals surface area contributed by atoms with Gasteiger partial charge in [-0.1, -0.05) is 12.1 Å². The smallest absolute Gasteiger partial charge is 0.350 e. The maximum Gasteiger partial charge on any atom is 0.350 e. The Morgan fingerprint density at radius 1 is 1.33 bits per heavy atom. The molecule has 0 aliphatic rings. The van der Waals surface area contributed by atoms with E-state index in [1.807, 2.05) is 43.5 Å². The van der Waals surface area contributed by atoms with Crippen molar-refractivity contribution in [3.63, 3.8) is 0 Å². The van der Waals surface area contributed by atoms with Crippen molar-refractivity contribution in [2.75, 3.05) is 12.5 Å². The second kappa shape index (κ2) is 7.04. The average molecular weight is 414 g/mol. The molecule has 0 bridgehead atoms. The first-order chi connectivity index (χ1) is 10.0. The molecule has 0 unspecified atom stereocenters. The number of carbonyl (C=O) groups excluding carboxylic acids is 1. The van der Waals surface area contributed by atoms with Gasteiger partial charge in [0.05, 0.1) is 18.5 Å². The van der Waals surface area contributed by atoms with Gasteiger partial charge in [0, 0.05) is 3.57 Å². The Hall–Kier alpha value is -1.41. The van der Waals surface area contributed by atoms with E-state index in [1.165, 1.54) is 22.0 Å². The highest BCUT2D eigenvalue weighted by atomic mass is 127. The highest BCUT2D eigenvalue weighted by Gasteiger charge is 2.16. The van der Waals surface area contributed by atoms with E-state index in [4.69, 9.17) is 4.74 Å². The van der Waals surface area contributed by atoms with Crippen LogP contribution in [0.15, 0.2) is 34.7 Å². The van der Waals surface area contributed by atoms with Crippen LogP contribution in [0.25, 0.3) is 0 Å². The Balaban J connectivity index is 2.22. The second-order valence-electron chi connectivity index (χ2n) is 4.43. The normalized spacial score (nSPS) is 11.3. The Bertz CT molecular complexity index is 677. The largest absolute Gasteiger partial charge is 0.465 e. The van der Waals surface area contributed by atoms with Gasteiger partial charge in [-0.05, 0) is 65.1 Å². The molecule has 4 nitrogen and oxygen atoms in total. The molecular weight excluding hydrogens is 399 g/mol. The number of nitrogens with one attached hydrogen (secondary N) is 1. The third-order valence-electron chi connectivity index (χ3n) is 2.94. The van der Waals surface area contributed by atoms with Gasteiger partial charge in [0.1, 0.15) is 4.88 Å². The summed E-state index contributed by atoms with van der Waals surface area (Å²) in [5, 5.41) is 6.27. The lowest BCUT2D eigenvalue weighted by Gasteiger charge is -2.06. The van der Waals surface area contributed by atoms with Crippen LogP contribution < -0.4 is 5.43 Å². The van der Waals surface area contributed by atoms with Crippen molar-refractivity contribution in [2.45, 2.75) is 13.8 Å². The lowest BCUT2D eigenvalue weighted by atomic mass is 10.1. The lowest BCUT2D eigenvalue weighted by molar-refractivity contribution is 0.0607. The first kappa shape index (κ1) is 16.0. The van der Waals surface area contributed by atoms with E-state index in [0.717, 1.165) is 16.8 Å². The number of hydrogen-bond donors (Lipinski definition) is 1. The zero-order chi connectivity index (χ0) is 15.4. The molecule has 21 heavy (non-hydrogen) atoms. The van der Waals surface area contributed by atoms with Crippen molar-refractivity contribution in [3.8, 4) is 0 Å². The summed E-state index contributed by atoms with van der Waals surface area (Å²) < 4.78 is 5.96. The zero-order valence-corrected chi connectivity index (χ0v) is 14.9. The fourth-order valence-corrected chi connectivity index (χ4v) is 3.00. The molecule has 2 rings (SSSR count). The molecule has 1 aromatic carbocycles. The van der Waals surface area contributed by atoms with Gasteiger partial charge >= 0.3 is 5.97 Å². The van der Waals surface area contributed by atoms with Crippen LogP contribution >= 0.6 is 33.9 Å². The fraction of sp³-hybridized carbons (Fsp3) is 0.200. The van der Waals surface area contributed by atoms with Gasteiger partial charge in [-0.15, -0.1) is 11.3 Å². The number of benzene rings is 1. The minimum atomic E-state index is -0.349. The van der Waals surface area contributed by atoms with Gasteiger partial charge in [-0.3, -0.25) is 5.43 Å². The topological polar surface area (TPSA) is 50.7 Å². The number of anilines is 1. The van der Waals surface area contributed by atoms with Crippen molar-refractivity contribution in [2.24, 2.45) is 5.10 Å². The average Bonchev–Trinajstić information content (AvgIpc) is 2.85. The van der Waals surface area contributed by atoms with Gasteiger partial charge in [0.2, 0.25) is 0 Å². The molecule has 2 aromatic rings. The van der Waals surface area contributed by atoms with Gasteiger partial charge in [0.15, 0.2) is 0 Å². The number of rotatable bonds is 4. The third kappa shape index (κ3) is 3.82. The molecule has 0 spiro atoms. The van der Waals surface area contributed by atoms with E-state index in [-0.39, 0.29) is 5.97 Å². The molecule has 0 aliphatic carbocycles. The summed E-state index contributed by atoms with van der Waals surface area (Å²) in [7, 11) is 1.38. The number of hydrazone groups is 1. The molecule has 6 heteroatoms. The summed E-state index contributed by atoms with van der Waals surface area (Å²) >= 11 is 3.62. The van der Waals surface area contributed by atoms with E-state index < -0.39 is 0 Å². The van der Waals surface area contributed by atoms with Crippen molar-refractivity contribution in [1.29, 1.82) is 0 Å². The summed E-state index contributed by atoms with van der Waals surface area (Å²) in [6.07, 6.45) is 0. The van der Waals surface area contributed by atoms with Crippen LogP contribution in [0.3, 0.4) is 0 Å². The summed E-state index contributed by atoms with van der Waals surface area (Å²) in [6, 6.07) is 8.10. The Kier molecular flexibility index (Phi) is 5.35. The molecule has 0 saturated carbocycles. The maximum atomic E-state index is 11.7. The van der Waals surface area contributed by atoms with Crippen molar-refractivity contribution < 1.29 is 9.53 Å². The van der Waals surface area contributed by atoms with Crippen LogP contribution in [0, 0.1) is 10.5 Å². The molecule has 1 aromatic heterocycles. The molecule has 0 fully saturated rings. The Labute approximate surface area is 141 Å². The quantitative estimate of drug-likeness (QED) is 0.352. The lowest BCUT2D eigenvalue weighted by Crippen LogP contribution is -2.05. The second-order valence-corrected chi connectivity index (χ2v) is 6.56. The fourth-order valence-electron chi connectivity index (χ4n) is 1.72. The summed E-state index contributed by atoms with van der Waals surface area (Å²) in [6.45, 7) is 3.86. The summed E-state index contributed by atoms with van der Waals surface area (Å²) in [4.78, 5) is 12.2. The number of nitrogens with zero attached hydrogens (tertiary/aromatic N) is 1. The number of esters is 1. The standard InChI is InChI=1S/C15H15IN2O2S/c1-9-8-21-14(15(19)20-3)13(9)18-17-10(2)11-4-6-12(16)7-5-11/h4-8,18H,1-3H3/b17-10+. The zero-order valence-electron chi connectivity index (χ0n) is 11.9. The number of aryl methyl sites for hydroxylation is 1. The highest BCUT2D eigenvalue weighted by Crippen LogP contribution is 2.28. The van der Waals surface area contributed by atoms with E-state index in [1.54, 1.807) is 0 Å². The number of halogens is 1. The monoisotopic (exact) mass is 414 g/mol. The summed E-state index contributed by atoms with van der Waals surface area (Å²) in [5.41, 5.74) is 6.55. The van der Waals surface area contributed by atoms with Crippen LogP contribution in [-0.4, -0.2) is 18.8 Å². The van der Waals surface area contributed by atoms with Crippen molar-refractivity contribution in [1.82, 2.24) is 0 Å². The van der Waals surface area contributed by atoms with Gasteiger partial charge in [-0.25, -0.2) is 4.79 Å². The SMILES string of the molecule is COC(=O)c1scc(C)c1N/N=C(\C)c1ccc(I)cc1. The molecule has 0 atom stereocenters. The van der Waals surface area contributed by atoms with Crippen molar-refractivity contribution >= 4 is 51.3 Å². The molecule has 1 N–H and O–H groups in total. The van der Waals surface area contributed by atoms with E-state index in [9.17, 15) is 4.79 Å². The summed E-state index contributed by atoms with van der Waals surface area (Å²) in [5.74, 6) is -0.349. The van der Waals surface area contributed by atoms with Crippen LogP contribution in [-0.2, 0) is 4.74 Å². The number of ether oxygens (including phenoxy) is 1. The van der Waals surface area contributed by atoms with Crippen LogP contribution in [0.5, 0.6) is 0 Å². The molecule has 0 aliphatic heterocycles. The number of methoxy groups -OCH3 is 1. The van der Waals surface area contributed by atoms with Crippen molar-refractivity contribution in [3.05, 3.63) is 49.2 Å². The molecule has 0 saturated heterocycles. The minimum Gasteiger partial charge on any atom is -0.465 e. The van der Waals surface area contributed by atoms with Gasteiger partial charge in [0.25, 0.3) is 0 Å². The van der Waals surface area contributed by atoms with Crippen LogP contribution in [0.4, 0.5) is 5.69 Å². The molecule has 0 radical (unpaired) electrons. The third-order valence-corrected chi connectivity index (χ3v) is 4.74. The van der Waals surface area contributed by atoms with E-state index >= 15 is 0 Å². The van der Waals surface area contributed by atoms with E-state index in [0.29, 0.717) is 10.6 Å². The van der Waals surface area contributed by atoms with E-state index in [2.05, 4.69) is 33.1 Å². The molecule has 1 heterocycles. The Morgan fingerprint density at radius 3 is 2.62 bits per heavy atom. The van der Waals surface area contributed by atoms with Gasteiger partial charge in [-0.2, -0.15) is 5.10 Å². The highest BCUT2D eigenvalue weighted by molar-refractivity contribution is 14.1. The maximum absolute atomic E-state index is 11.7. The number of thiophene rings is 1. The predicted octanol–water partition coefficient (Wildman–Crippen LogP) is 4.28. The minimum absolute atomic E-state index is 0.349. The Morgan fingerprint density at radius 2 is 2.00 bits per heavy atom. The first-order valence-corrected chi connectivity index (χ1v) is 8.21. The van der Waals surface area contributed by atoms with Gasteiger partial charge < -0.3 is 4.74 Å². The molecule has 0 amide bonds. The predicted molar refractivity (Wildman–Crippen MR) is 95.4 cm³/mol. The van der Waals surface area contributed by atoms with Crippen LogP contribution in [0.1, 0.15) is 27.7 Å². The molecular formula is C15H15IN2O2S. The number of carbonyl (C=O) groups is 1. The first-order valence-electron chi connectivity index (χ1n) is 6.25.